The molecule has 1 aliphatic rings. The first-order valence-electron chi connectivity index (χ1n) is 9.36. The highest BCUT2D eigenvalue weighted by Crippen LogP contribution is 2.21. The lowest BCUT2D eigenvalue weighted by atomic mass is 10.1. The smallest absolute Gasteiger partial charge is 0.320 e. The molecule has 148 valence electrons. The number of ether oxygens (including phenoxy) is 1. The fourth-order valence-electron chi connectivity index (χ4n) is 3.23. The van der Waals surface area contributed by atoms with Crippen molar-refractivity contribution < 1.29 is 20.0 Å². The van der Waals surface area contributed by atoms with Gasteiger partial charge in [0.25, 0.3) is 0 Å². The summed E-state index contributed by atoms with van der Waals surface area (Å²) in [5, 5.41) is 25.7. The van der Waals surface area contributed by atoms with Gasteiger partial charge in [0, 0.05) is 12.6 Å². The van der Waals surface area contributed by atoms with Crippen molar-refractivity contribution in [3.05, 3.63) is 53.2 Å². The molecule has 0 unspecified atom stereocenters. The highest BCUT2D eigenvalue weighted by atomic mass is 16.5. The van der Waals surface area contributed by atoms with Crippen molar-refractivity contribution in [3.8, 4) is 0 Å². The van der Waals surface area contributed by atoms with E-state index in [1.807, 2.05) is 42.6 Å². The maximum Gasteiger partial charge on any atom is 0.320 e. The Bertz CT molecular complexity index is 828. The van der Waals surface area contributed by atoms with E-state index in [0.29, 0.717) is 17.1 Å². The summed E-state index contributed by atoms with van der Waals surface area (Å²) in [6.07, 6.45) is 0.772. The normalized spacial score (nSPS) is 20.3. The Labute approximate surface area is 163 Å². The number of urea groups is 1. The molecule has 1 aliphatic heterocycles. The number of quaternary nitrogens is 1. The van der Waals surface area contributed by atoms with Gasteiger partial charge in [0.15, 0.2) is 5.69 Å². The van der Waals surface area contributed by atoms with E-state index in [4.69, 9.17) is 10.1 Å². The van der Waals surface area contributed by atoms with Crippen LogP contribution in [0.15, 0.2) is 36.4 Å². The number of anilines is 1. The van der Waals surface area contributed by atoms with Crippen LogP contribution in [0.3, 0.4) is 0 Å². The molecule has 0 spiro atoms. The number of nitrogens with one attached hydrogen (secondary N) is 3. The molecule has 0 radical (unpaired) electrons. The Morgan fingerprint density at radius 1 is 1.36 bits per heavy atom. The van der Waals surface area contributed by atoms with E-state index in [1.165, 1.54) is 6.21 Å². The summed E-state index contributed by atoms with van der Waals surface area (Å²) in [7, 11) is 0. The predicted molar refractivity (Wildman–Crippen MR) is 106 cm³/mol. The number of carbonyl (C=O) groups is 1. The van der Waals surface area contributed by atoms with Gasteiger partial charge in [-0.3, -0.25) is 5.32 Å². The van der Waals surface area contributed by atoms with E-state index in [9.17, 15) is 9.90 Å². The largest absolute Gasteiger partial charge is 0.390 e. The van der Waals surface area contributed by atoms with Crippen LogP contribution < -0.4 is 16.0 Å². The molecule has 28 heavy (non-hydrogen) atoms. The van der Waals surface area contributed by atoms with Crippen molar-refractivity contribution in [2.75, 3.05) is 25.1 Å². The summed E-state index contributed by atoms with van der Waals surface area (Å²) in [5.41, 5.74) is 2.99. The number of aliphatic hydroxyl groups excluding tert-OH is 1. The molecule has 2 amide bonds. The number of hydrogen-bond donors (Lipinski definition) is 5. The summed E-state index contributed by atoms with van der Waals surface area (Å²) in [5.74, 6) is 0.347. The minimum atomic E-state index is -0.739. The van der Waals surface area contributed by atoms with Crippen molar-refractivity contribution in [2.45, 2.75) is 25.5 Å². The van der Waals surface area contributed by atoms with Crippen LogP contribution in [0.5, 0.6) is 0 Å². The lowest BCUT2D eigenvalue weighted by molar-refractivity contribution is -0.568. The second-order valence-electron chi connectivity index (χ2n) is 6.67. The van der Waals surface area contributed by atoms with Crippen molar-refractivity contribution in [2.24, 2.45) is 0 Å². The number of nitrogens with two attached hydrogens (primary N) is 1. The third kappa shape index (κ3) is 4.92. The molecule has 1 aromatic heterocycles. The predicted octanol–water partition coefficient (Wildman–Crippen LogP) is 1.09. The van der Waals surface area contributed by atoms with Crippen LogP contribution in [-0.4, -0.2) is 48.2 Å². The standard InChI is InChI=1S/C20H25N5O3/c1-2-22-19-14(10-21)8-18-23-16(19)9-15(26)11-28-12-17(24-20(27)25-18)13-6-4-3-5-7-13/h3-8,10,15,17,21-22,26H,2,9,11-12H2,1H3,(H2,23,24,25,27)/p+1/t15-,17+/m0/s1. The number of rotatable bonds is 4. The van der Waals surface area contributed by atoms with E-state index in [2.05, 4.69) is 15.6 Å². The van der Waals surface area contributed by atoms with Gasteiger partial charge >= 0.3 is 6.03 Å². The monoisotopic (exact) mass is 384 g/mol. The molecule has 6 N–H and O–H groups in total. The van der Waals surface area contributed by atoms with E-state index >= 15 is 0 Å². The quantitative estimate of drug-likeness (QED) is 0.506. The van der Waals surface area contributed by atoms with E-state index < -0.39 is 12.1 Å². The fourth-order valence-corrected chi connectivity index (χ4v) is 3.23. The van der Waals surface area contributed by atoms with Crippen LogP contribution in [-0.2, 0) is 11.2 Å². The second-order valence-corrected chi connectivity index (χ2v) is 6.67. The molecule has 2 aromatic rings. The minimum Gasteiger partial charge on any atom is -0.390 e. The Balaban J connectivity index is 1.93. The molecule has 2 bridgehead atoms. The third-order valence-electron chi connectivity index (χ3n) is 4.51. The molecule has 2 atom stereocenters. The van der Waals surface area contributed by atoms with Gasteiger partial charge in [0.2, 0.25) is 0 Å². The maximum atomic E-state index is 12.5. The summed E-state index contributed by atoms with van der Waals surface area (Å²) < 4.78 is 5.69. The number of aliphatic hydroxyl groups is 1. The van der Waals surface area contributed by atoms with Gasteiger partial charge in [-0.1, -0.05) is 30.3 Å². The number of amides is 2. The zero-order chi connectivity index (χ0) is 19.9. The van der Waals surface area contributed by atoms with E-state index in [-0.39, 0.29) is 25.7 Å². The molecule has 1 aromatic carbocycles. The van der Waals surface area contributed by atoms with Gasteiger partial charge in [-0.25, -0.2) is 9.78 Å². The van der Waals surface area contributed by atoms with Crippen molar-refractivity contribution >= 4 is 23.8 Å². The molecular weight excluding hydrogens is 358 g/mol. The number of fused-ring (bicyclic) bond motifs is 2. The first-order valence-corrected chi connectivity index (χ1v) is 9.36. The molecule has 8 heteroatoms. The average Bonchev–Trinajstić information content (AvgIpc) is 2.68. The number of benzene rings is 1. The average molecular weight is 384 g/mol. The second kappa shape index (κ2) is 9.41. The van der Waals surface area contributed by atoms with Gasteiger partial charge in [0.05, 0.1) is 37.5 Å². The van der Waals surface area contributed by atoms with E-state index in [1.54, 1.807) is 6.07 Å². The number of pyridine rings is 1. The van der Waals surface area contributed by atoms with Crippen LogP contribution in [0.4, 0.5) is 16.3 Å². The first kappa shape index (κ1) is 19.9. The first-order chi connectivity index (χ1) is 13.6. The van der Waals surface area contributed by atoms with Crippen LogP contribution in [0.2, 0.25) is 0 Å². The summed E-state index contributed by atoms with van der Waals surface area (Å²) in [6.45, 7) is 3.15. The number of aromatic nitrogens is 1. The minimum absolute atomic E-state index is 0.129. The van der Waals surface area contributed by atoms with E-state index in [0.717, 1.165) is 17.8 Å². The third-order valence-corrected chi connectivity index (χ3v) is 4.51. The topological polar surface area (TPSA) is 124 Å². The van der Waals surface area contributed by atoms with Gasteiger partial charge in [0.1, 0.15) is 11.5 Å². The van der Waals surface area contributed by atoms with Crippen LogP contribution in [0.25, 0.3) is 0 Å². The zero-order valence-electron chi connectivity index (χ0n) is 15.8. The van der Waals surface area contributed by atoms with Gasteiger partial charge in [-0.05, 0) is 18.6 Å². The summed E-state index contributed by atoms with van der Waals surface area (Å²) in [6, 6.07) is 10.4. The highest BCUT2D eigenvalue weighted by molar-refractivity contribution is 5.91. The van der Waals surface area contributed by atoms with Gasteiger partial charge < -0.3 is 25.9 Å². The fraction of sp³-hybridized carbons (Fsp3) is 0.350. The lowest BCUT2D eigenvalue weighted by Gasteiger charge is -2.22. The Morgan fingerprint density at radius 3 is 2.86 bits per heavy atom. The Hall–Kier alpha value is -2.81. The molecule has 8 nitrogen and oxygen atoms in total. The molecule has 0 saturated heterocycles. The van der Waals surface area contributed by atoms with Crippen molar-refractivity contribution in [1.29, 1.82) is 5.41 Å². The maximum absolute atomic E-state index is 12.5. The number of nitrogens with zero attached hydrogens (tertiary/aromatic N) is 1. The van der Waals surface area contributed by atoms with Gasteiger partial charge in [-0.15, -0.1) is 0 Å². The van der Waals surface area contributed by atoms with Crippen molar-refractivity contribution in [1.82, 2.24) is 10.3 Å². The Morgan fingerprint density at radius 2 is 2.14 bits per heavy atom. The molecule has 0 fully saturated rings. The van der Waals surface area contributed by atoms with Gasteiger partial charge in [-0.2, -0.15) is 0 Å². The summed E-state index contributed by atoms with van der Waals surface area (Å²) >= 11 is 0. The van der Waals surface area contributed by atoms with Crippen LogP contribution in [0, 0.1) is 5.41 Å². The molecule has 3 rings (SSSR count). The molecule has 2 heterocycles. The SMILES string of the molecule is CC[NH2+]c1c(C=N)cc2nc1C[C@H](O)COC[C@H](c1ccccc1)NC(=O)N2. The summed E-state index contributed by atoms with van der Waals surface area (Å²) in [4.78, 5) is 17.0. The molecule has 0 saturated carbocycles. The highest BCUT2D eigenvalue weighted by Gasteiger charge is 2.22. The Kier molecular flexibility index (Phi) is 6.70. The zero-order valence-corrected chi connectivity index (χ0v) is 15.8. The van der Waals surface area contributed by atoms with Crippen LogP contribution >= 0.6 is 0 Å². The number of hydrogen-bond acceptors (Lipinski definition) is 5. The lowest BCUT2D eigenvalue weighted by Crippen LogP contribution is -2.78. The number of carbonyl (C=O) groups excluding carboxylic acids is 1. The van der Waals surface area contributed by atoms with Crippen molar-refractivity contribution in [3.63, 3.8) is 0 Å². The van der Waals surface area contributed by atoms with Crippen LogP contribution in [0.1, 0.15) is 29.8 Å². The molecular formula is C20H26N5O3+. The molecule has 0 aliphatic carbocycles.